The third kappa shape index (κ3) is 4.59. The molecule has 0 aliphatic carbocycles. The molecule has 1 N–H and O–H groups in total. The monoisotopic (exact) mass is 461 g/mol. The first-order valence-electron chi connectivity index (χ1n) is 9.46. The van der Waals surface area contributed by atoms with E-state index in [4.69, 9.17) is 14.2 Å². The largest absolute Gasteiger partial charge is 0.493 e. The van der Waals surface area contributed by atoms with Crippen molar-refractivity contribution in [3.63, 3.8) is 0 Å². The molecule has 6 nitrogen and oxygen atoms in total. The molecule has 0 amide bonds. The fourth-order valence-corrected chi connectivity index (χ4v) is 3.80. The maximum absolute atomic E-state index is 13.3. The number of halogens is 2. The van der Waals surface area contributed by atoms with Crippen LogP contribution in [0.3, 0.4) is 0 Å². The van der Waals surface area contributed by atoms with Crippen molar-refractivity contribution in [1.82, 2.24) is 15.3 Å². The maximum atomic E-state index is 13.3. The molecular formula is C21H21BrFN3O3. The first-order valence-corrected chi connectivity index (χ1v) is 10.2. The van der Waals surface area contributed by atoms with Gasteiger partial charge in [-0.2, -0.15) is 0 Å². The minimum absolute atomic E-state index is 0.349. The summed E-state index contributed by atoms with van der Waals surface area (Å²) in [6, 6.07) is 8.34. The number of hydrogen-bond acceptors (Lipinski definition) is 6. The highest BCUT2D eigenvalue weighted by molar-refractivity contribution is 9.10. The average molecular weight is 462 g/mol. The van der Waals surface area contributed by atoms with E-state index < -0.39 is 0 Å². The summed E-state index contributed by atoms with van der Waals surface area (Å²) < 4.78 is 31.2. The van der Waals surface area contributed by atoms with E-state index in [0.29, 0.717) is 51.2 Å². The van der Waals surface area contributed by atoms with Gasteiger partial charge in [0.1, 0.15) is 17.9 Å². The zero-order valence-electron chi connectivity index (χ0n) is 16.0. The van der Waals surface area contributed by atoms with Gasteiger partial charge in [-0.3, -0.25) is 0 Å². The van der Waals surface area contributed by atoms with E-state index in [2.05, 4.69) is 31.2 Å². The molecule has 4 rings (SSSR count). The molecular weight excluding hydrogens is 441 g/mol. The van der Waals surface area contributed by atoms with Crippen molar-refractivity contribution in [2.24, 2.45) is 0 Å². The fraction of sp³-hybridized carbons (Fsp3) is 0.333. The second-order valence-electron chi connectivity index (χ2n) is 6.81. The molecule has 152 valence electrons. The Kier molecular flexibility index (Phi) is 6.10. The molecule has 1 aliphatic heterocycles. The number of hydrogen-bond donors (Lipinski definition) is 1. The lowest BCUT2D eigenvalue weighted by Crippen LogP contribution is -2.23. The summed E-state index contributed by atoms with van der Waals surface area (Å²) in [7, 11) is 1.59. The van der Waals surface area contributed by atoms with E-state index in [1.165, 1.54) is 31.3 Å². The summed E-state index contributed by atoms with van der Waals surface area (Å²) in [4.78, 5) is 8.56. The van der Waals surface area contributed by atoms with Crippen LogP contribution < -0.4 is 19.5 Å². The molecule has 0 bridgehead atoms. The molecule has 8 heteroatoms. The quantitative estimate of drug-likeness (QED) is 0.542. The van der Waals surface area contributed by atoms with Crippen LogP contribution in [-0.2, 0) is 0 Å². The molecule has 1 saturated heterocycles. The van der Waals surface area contributed by atoms with Gasteiger partial charge in [-0.25, -0.2) is 14.4 Å². The van der Waals surface area contributed by atoms with Crippen LogP contribution in [0.25, 0.3) is 10.9 Å². The van der Waals surface area contributed by atoms with Crippen LogP contribution >= 0.6 is 15.9 Å². The highest BCUT2D eigenvalue weighted by Gasteiger charge is 2.16. The molecule has 1 unspecified atom stereocenters. The van der Waals surface area contributed by atoms with Crippen LogP contribution in [0.1, 0.15) is 19.3 Å². The molecule has 1 aromatic heterocycles. The fourth-order valence-electron chi connectivity index (χ4n) is 3.37. The van der Waals surface area contributed by atoms with E-state index in [1.54, 1.807) is 19.2 Å². The Labute approximate surface area is 176 Å². The zero-order valence-corrected chi connectivity index (χ0v) is 17.5. The molecule has 1 fully saturated rings. The van der Waals surface area contributed by atoms with Gasteiger partial charge in [0.15, 0.2) is 11.5 Å². The number of aromatic nitrogens is 2. The van der Waals surface area contributed by atoms with Gasteiger partial charge in [0, 0.05) is 12.1 Å². The summed E-state index contributed by atoms with van der Waals surface area (Å²) in [6.07, 6.45) is 4.77. The third-order valence-electron chi connectivity index (χ3n) is 4.87. The molecule has 3 aromatic rings. The maximum Gasteiger partial charge on any atom is 0.230 e. The first kappa shape index (κ1) is 19.8. The topological polar surface area (TPSA) is 65.5 Å². The third-order valence-corrected chi connectivity index (χ3v) is 5.49. The number of nitrogens with one attached hydrogen (secondary N) is 1. The van der Waals surface area contributed by atoms with Crippen molar-refractivity contribution in [1.29, 1.82) is 0 Å². The highest BCUT2D eigenvalue weighted by atomic mass is 79.9. The Morgan fingerprint density at radius 1 is 1.17 bits per heavy atom. The number of ether oxygens (including phenoxy) is 3. The van der Waals surface area contributed by atoms with Gasteiger partial charge >= 0.3 is 0 Å². The molecule has 0 radical (unpaired) electrons. The number of methoxy groups -OCH3 is 1. The SMILES string of the molecule is COc1cc2c(Oc3ccc(F)cc3Br)ncnc2cc1OCCC1CCCN1. The van der Waals surface area contributed by atoms with Crippen LogP contribution in [0, 0.1) is 5.82 Å². The summed E-state index contributed by atoms with van der Waals surface area (Å²) in [5, 5.41) is 4.14. The van der Waals surface area contributed by atoms with Gasteiger partial charge in [0.2, 0.25) is 5.88 Å². The Morgan fingerprint density at radius 2 is 2.07 bits per heavy atom. The number of nitrogens with zero attached hydrogens (tertiary/aromatic N) is 2. The van der Waals surface area contributed by atoms with E-state index in [-0.39, 0.29) is 5.82 Å². The lowest BCUT2D eigenvalue weighted by atomic mass is 10.2. The van der Waals surface area contributed by atoms with E-state index >= 15 is 0 Å². The number of fused-ring (bicyclic) bond motifs is 1. The Bertz CT molecular complexity index is 1010. The van der Waals surface area contributed by atoms with Gasteiger partial charge in [0.05, 0.1) is 29.1 Å². The smallest absolute Gasteiger partial charge is 0.230 e. The molecule has 0 saturated carbocycles. The minimum atomic E-state index is -0.354. The Morgan fingerprint density at radius 3 is 2.83 bits per heavy atom. The van der Waals surface area contributed by atoms with Crippen LogP contribution in [0.5, 0.6) is 23.1 Å². The van der Waals surface area contributed by atoms with Crippen molar-refractivity contribution in [2.45, 2.75) is 25.3 Å². The second-order valence-corrected chi connectivity index (χ2v) is 7.66. The van der Waals surface area contributed by atoms with Gasteiger partial charge in [-0.1, -0.05) is 0 Å². The van der Waals surface area contributed by atoms with Crippen LogP contribution in [-0.4, -0.2) is 36.3 Å². The van der Waals surface area contributed by atoms with Gasteiger partial charge < -0.3 is 19.5 Å². The van der Waals surface area contributed by atoms with Crippen molar-refractivity contribution in [2.75, 3.05) is 20.3 Å². The molecule has 2 aromatic carbocycles. The number of rotatable bonds is 7. The van der Waals surface area contributed by atoms with Gasteiger partial charge in [0.25, 0.3) is 0 Å². The standard InChI is InChI=1S/C21H21BrFN3O3/c1-27-19-10-15-17(11-20(19)28-8-6-14-3-2-7-24-14)25-12-26-21(15)29-18-5-4-13(23)9-16(18)22/h4-5,9-12,14,24H,2-3,6-8H2,1H3. The minimum Gasteiger partial charge on any atom is -0.493 e. The summed E-state index contributed by atoms with van der Waals surface area (Å²) >= 11 is 3.31. The molecule has 1 atom stereocenters. The Balaban J connectivity index is 1.58. The first-order chi connectivity index (χ1) is 14.1. The number of benzene rings is 2. The lowest BCUT2D eigenvalue weighted by molar-refractivity contribution is 0.276. The van der Waals surface area contributed by atoms with Crippen LogP contribution in [0.15, 0.2) is 41.1 Å². The molecule has 2 heterocycles. The Hall–Kier alpha value is -2.45. The zero-order chi connectivity index (χ0) is 20.2. The van der Waals surface area contributed by atoms with Gasteiger partial charge in [-0.05, 0) is 66.0 Å². The van der Waals surface area contributed by atoms with Crippen molar-refractivity contribution >= 4 is 26.8 Å². The highest BCUT2D eigenvalue weighted by Crippen LogP contribution is 2.37. The van der Waals surface area contributed by atoms with E-state index in [0.717, 1.165) is 13.0 Å². The summed E-state index contributed by atoms with van der Waals surface area (Å²) in [5.74, 6) is 1.66. The second kappa shape index (κ2) is 8.92. The summed E-state index contributed by atoms with van der Waals surface area (Å²) in [5.41, 5.74) is 0.669. The van der Waals surface area contributed by atoms with Crippen molar-refractivity contribution in [3.8, 4) is 23.1 Å². The summed E-state index contributed by atoms with van der Waals surface area (Å²) in [6.45, 7) is 1.67. The average Bonchev–Trinajstić information content (AvgIpc) is 3.23. The van der Waals surface area contributed by atoms with Crippen molar-refractivity contribution < 1.29 is 18.6 Å². The predicted octanol–water partition coefficient (Wildman–Crippen LogP) is 4.85. The van der Waals surface area contributed by atoms with Crippen LogP contribution in [0.2, 0.25) is 0 Å². The molecule has 0 spiro atoms. The van der Waals surface area contributed by atoms with Crippen LogP contribution in [0.4, 0.5) is 4.39 Å². The van der Waals surface area contributed by atoms with Gasteiger partial charge in [-0.15, -0.1) is 0 Å². The predicted molar refractivity (Wildman–Crippen MR) is 111 cm³/mol. The molecule has 29 heavy (non-hydrogen) atoms. The van der Waals surface area contributed by atoms with E-state index in [1.807, 2.05) is 6.07 Å². The lowest BCUT2D eigenvalue weighted by Gasteiger charge is -2.15. The molecule has 1 aliphatic rings. The van der Waals surface area contributed by atoms with Crippen molar-refractivity contribution in [3.05, 3.63) is 46.9 Å². The normalized spacial score (nSPS) is 16.2. The van der Waals surface area contributed by atoms with E-state index in [9.17, 15) is 4.39 Å².